The Morgan fingerprint density at radius 1 is 1.20 bits per heavy atom. The van der Waals surface area contributed by atoms with Gasteiger partial charge in [-0.05, 0) is 24.3 Å². The first-order valence-electron chi connectivity index (χ1n) is 6.91. The molecule has 1 heterocycles. The van der Waals surface area contributed by atoms with Gasteiger partial charge in [-0.1, -0.05) is 0 Å². The van der Waals surface area contributed by atoms with E-state index in [0.717, 1.165) is 44.2 Å². The highest BCUT2D eigenvalue weighted by Gasteiger charge is 2.10. The van der Waals surface area contributed by atoms with Crippen molar-refractivity contribution in [2.45, 2.75) is 0 Å². The van der Waals surface area contributed by atoms with Crippen LogP contribution in [-0.4, -0.2) is 57.4 Å². The molecule has 0 spiro atoms. The van der Waals surface area contributed by atoms with Crippen molar-refractivity contribution in [1.82, 2.24) is 10.2 Å². The molecular weight excluding hydrogens is 256 g/mol. The maximum absolute atomic E-state index is 11.7. The molecule has 20 heavy (non-hydrogen) atoms. The maximum atomic E-state index is 11.7. The highest BCUT2D eigenvalue weighted by Crippen LogP contribution is 2.12. The van der Waals surface area contributed by atoms with Crippen LogP contribution in [0.1, 0.15) is 0 Å². The van der Waals surface area contributed by atoms with Crippen molar-refractivity contribution in [1.29, 1.82) is 0 Å². The number of urea groups is 1. The summed E-state index contributed by atoms with van der Waals surface area (Å²) >= 11 is 0. The molecule has 1 fully saturated rings. The summed E-state index contributed by atoms with van der Waals surface area (Å²) in [6.07, 6.45) is 0. The average Bonchev–Trinajstić information content (AvgIpc) is 2.49. The summed E-state index contributed by atoms with van der Waals surface area (Å²) in [5, 5.41) is 8.70. The van der Waals surface area contributed by atoms with Crippen molar-refractivity contribution >= 4 is 17.4 Å². The lowest BCUT2D eigenvalue weighted by molar-refractivity contribution is 0.0388. The molecule has 0 bridgehead atoms. The van der Waals surface area contributed by atoms with Gasteiger partial charge in [0.2, 0.25) is 0 Å². The third kappa shape index (κ3) is 4.71. The summed E-state index contributed by atoms with van der Waals surface area (Å²) in [7, 11) is 1.86. The molecule has 1 aliphatic rings. The molecule has 0 saturated carbocycles. The fraction of sp³-hybridized carbons (Fsp3) is 0.500. The Kier molecular flexibility index (Phi) is 5.64. The van der Waals surface area contributed by atoms with Crippen LogP contribution < -0.4 is 16.0 Å². The number of morpholine rings is 1. The van der Waals surface area contributed by atoms with Gasteiger partial charge < -0.3 is 20.7 Å². The molecule has 0 radical (unpaired) electrons. The summed E-state index contributed by atoms with van der Waals surface area (Å²) in [5.41, 5.74) is 1.80. The monoisotopic (exact) mass is 278 g/mol. The van der Waals surface area contributed by atoms with Crippen LogP contribution in [0.3, 0.4) is 0 Å². The normalized spacial score (nSPS) is 15.7. The van der Waals surface area contributed by atoms with Crippen LogP contribution in [-0.2, 0) is 4.74 Å². The number of amides is 2. The van der Waals surface area contributed by atoms with Crippen LogP contribution in [0.4, 0.5) is 16.2 Å². The average molecular weight is 278 g/mol. The van der Waals surface area contributed by atoms with Crippen molar-refractivity contribution < 1.29 is 9.53 Å². The quantitative estimate of drug-likeness (QED) is 0.757. The van der Waals surface area contributed by atoms with E-state index in [1.165, 1.54) is 0 Å². The van der Waals surface area contributed by atoms with Gasteiger partial charge in [0.15, 0.2) is 0 Å². The SMILES string of the molecule is CNc1ccc(NC(=O)NCCN2CCOCC2)cc1. The number of rotatable bonds is 5. The van der Waals surface area contributed by atoms with E-state index >= 15 is 0 Å². The Balaban J connectivity index is 1.66. The first kappa shape index (κ1) is 14.6. The number of anilines is 2. The molecule has 1 aromatic carbocycles. The Labute approximate surface area is 119 Å². The predicted octanol–water partition coefficient (Wildman–Crippen LogP) is 1.18. The van der Waals surface area contributed by atoms with Gasteiger partial charge in [-0.15, -0.1) is 0 Å². The molecule has 1 aliphatic heterocycles. The van der Waals surface area contributed by atoms with Crippen molar-refractivity contribution in [3.63, 3.8) is 0 Å². The van der Waals surface area contributed by atoms with Crippen LogP contribution in [0.25, 0.3) is 0 Å². The van der Waals surface area contributed by atoms with Crippen LogP contribution in [0.5, 0.6) is 0 Å². The molecule has 2 amide bonds. The molecule has 1 aromatic rings. The Hall–Kier alpha value is -1.79. The van der Waals surface area contributed by atoms with Crippen LogP contribution in [0, 0.1) is 0 Å². The van der Waals surface area contributed by atoms with Gasteiger partial charge in [-0.25, -0.2) is 4.79 Å². The van der Waals surface area contributed by atoms with E-state index in [2.05, 4.69) is 20.9 Å². The number of ether oxygens (including phenoxy) is 1. The second kappa shape index (κ2) is 7.72. The first-order valence-corrected chi connectivity index (χ1v) is 6.91. The molecule has 1 saturated heterocycles. The summed E-state index contributed by atoms with van der Waals surface area (Å²) < 4.78 is 5.28. The largest absolute Gasteiger partial charge is 0.388 e. The molecule has 0 unspecified atom stereocenters. The fourth-order valence-corrected chi connectivity index (χ4v) is 2.05. The number of carbonyl (C=O) groups excluding carboxylic acids is 1. The number of nitrogens with zero attached hydrogens (tertiary/aromatic N) is 1. The molecule has 0 atom stereocenters. The minimum Gasteiger partial charge on any atom is -0.388 e. The summed E-state index contributed by atoms with van der Waals surface area (Å²) in [6, 6.07) is 7.41. The van der Waals surface area contributed by atoms with E-state index in [1.807, 2.05) is 31.3 Å². The van der Waals surface area contributed by atoms with E-state index in [4.69, 9.17) is 4.74 Å². The summed E-state index contributed by atoms with van der Waals surface area (Å²) in [5.74, 6) is 0. The highest BCUT2D eigenvalue weighted by molar-refractivity contribution is 5.89. The van der Waals surface area contributed by atoms with E-state index < -0.39 is 0 Å². The third-order valence-corrected chi connectivity index (χ3v) is 3.25. The van der Waals surface area contributed by atoms with Crippen molar-refractivity contribution in [2.24, 2.45) is 0 Å². The molecule has 0 aliphatic carbocycles. The molecule has 6 nitrogen and oxygen atoms in total. The molecule has 3 N–H and O–H groups in total. The fourth-order valence-electron chi connectivity index (χ4n) is 2.05. The van der Waals surface area contributed by atoms with Gasteiger partial charge in [0.25, 0.3) is 0 Å². The van der Waals surface area contributed by atoms with Crippen LogP contribution in [0.15, 0.2) is 24.3 Å². The van der Waals surface area contributed by atoms with Crippen molar-refractivity contribution in [2.75, 3.05) is 57.1 Å². The standard InChI is InChI=1S/C14H22N4O2/c1-15-12-2-4-13(5-3-12)17-14(19)16-6-7-18-8-10-20-11-9-18/h2-5,15H,6-11H2,1H3,(H2,16,17,19). The number of hydrogen-bond acceptors (Lipinski definition) is 4. The first-order chi connectivity index (χ1) is 9.78. The van der Waals surface area contributed by atoms with E-state index in [1.54, 1.807) is 0 Å². The van der Waals surface area contributed by atoms with E-state index in [9.17, 15) is 4.79 Å². The topological polar surface area (TPSA) is 65.6 Å². The molecule has 6 heteroatoms. The van der Waals surface area contributed by atoms with Gasteiger partial charge in [-0.2, -0.15) is 0 Å². The summed E-state index contributed by atoms with van der Waals surface area (Å²) in [6.45, 7) is 4.94. The smallest absolute Gasteiger partial charge is 0.319 e. The van der Waals surface area contributed by atoms with Crippen LogP contribution >= 0.6 is 0 Å². The van der Waals surface area contributed by atoms with Crippen molar-refractivity contribution in [3.8, 4) is 0 Å². The number of nitrogens with one attached hydrogen (secondary N) is 3. The Morgan fingerprint density at radius 3 is 2.50 bits per heavy atom. The minimum atomic E-state index is -0.171. The lowest BCUT2D eigenvalue weighted by atomic mass is 10.3. The number of benzene rings is 1. The lowest BCUT2D eigenvalue weighted by Crippen LogP contribution is -2.42. The zero-order valence-corrected chi connectivity index (χ0v) is 11.8. The molecule has 0 aromatic heterocycles. The minimum absolute atomic E-state index is 0.171. The van der Waals surface area contributed by atoms with Crippen molar-refractivity contribution in [3.05, 3.63) is 24.3 Å². The summed E-state index contributed by atoms with van der Waals surface area (Å²) in [4.78, 5) is 14.0. The molecular formula is C14H22N4O2. The zero-order chi connectivity index (χ0) is 14.2. The predicted molar refractivity (Wildman–Crippen MR) is 80.3 cm³/mol. The van der Waals surface area contributed by atoms with Gasteiger partial charge in [-0.3, -0.25) is 4.90 Å². The second-order valence-electron chi connectivity index (χ2n) is 4.66. The Morgan fingerprint density at radius 2 is 1.85 bits per heavy atom. The van der Waals surface area contributed by atoms with Gasteiger partial charge >= 0.3 is 6.03 Å². The maximum Gasteiger partial charge on any atom is 0.319 e. The van der Waals surface area contributed by atoms with E-state index in [-0.39, 0.29) is 6.03 Å². The molecule has 2 rings (SSSR count). The van der Waals surface area contributed by atoms with Gasteiger partial charge in [0, 0.05) is 44.6 Å². The van der Waals surface area contributed by atoms with Gasteiger partial charge in [0.05, 0.1) is 13.2 Å². The van der Waals surface area contributed by atoms with Crippen LogP contribution in [0.2, 0.25) is 0 Å². The van der Waals surface area contributed by atoms with Gasteiger partial charge in [0.1, 0.15) is 0 Å². The number of hydrogen-bond donors (Lipinski definition) is 3. The zero-order valence-electron chi connectivity index (χ0n) is 11.8. The molecule has 110 valence electrons. The third-order valence-electron chi connectivity index (χ3n) is 3.25. The number of carbonyl (C=O) groups is 1. The highest BCUT2D eigenvalue weighted by atomic mass is 16.5. The Bertz CT molecular complexity index is 416. The second-order valence-corrected chi connectivity index (χ2v) is 4.66. The lowest BCUT2D eigenvalue weighted by Gasteiger charge is -2.26. The van der Waals surface area contributed by atoms with E-state index in [0.29, 0.717) is 6.54 Å².